The molecule has 1 rings (SSSR count). The molecule has 0 saturated heterocycles. The van der Waals surface area contributed by atoms with Crippen LogP contribution in [0.25, 0.3) is 0 Å². The van der Waals surface area contributed by atoms with Gasteiger partial charge in [0.05, 0.1) is 6.04 Å². The van der Waals surface area contributed by atoms with Gasteiger partial charge in [-0.25, -0.2) is 0 Å². The van der Waals surface area contributed by atoms with Crippen LogP contribution in [0.2, 0.25) is 0 Å². The van der Waals surface area contributed by atoms with Gasteiger partial charge in [0, 0.05) is 12.3 Å². The number of nitrogens with zero attached hydrogens (tertiary/aromatic N) is 1. The van der Waals surface area contributed by atoms with Crippen molar-refractivity contribution in [2.75, 3.05) is 19.3 Å². The fourth-order valence-corrected chi connectivity index (χ4v) is 2.42. The number of thioether (sulfide) groups is 1. The third kappa shape index (κ3) is 4.86. The maximum Gasteiger partial charge on any atom is 0.154 e. The van der Waals surface area contributed by atoms with Crippen molar-refractivity contribution in [2.45, 2.75) is 38.1 Å². The van der Waals surface area contributed by atoms with Crippen molar-refractivity contribution in [1.29, 1.82) is 0 Å². The summed E-state index contributed by atoms with van der Waals surface area (Å²) in [6, 6.07) is 0.505. The number of nitrogens with two attached hydrogens (primary N) is 1. The Labute approximate surface area is 90.9 Å². The van der Waals surface area contributed by atoms with Crippen LogP contribution in [0, 0.1) is 0 Å². The number of nitrogens with one attached hydrogen (secondary N) is 1. The molecule has 0 aromatic carbocycles. The Balaban J connectivity index is 2.19. The molecule has 0 unspecified atom stereocenters. The van der Waals surface area contributed by atoms with Gasteiger partial charge in [-0.1, -0.05) is 31.0 Å². The molecule has 0 aromatic rings. The summed E-state index contributed by atoms with van der Waals surface area (Å²) in [6.07, 6.45) is 6.48. The van der Waals surface area contributed by atoms with Crippen molar-refractivity contribution in [3.63, 3.8) is 0 Å². The molecule has 0 bridgehead atoms. The third-order valence-electron chi connectivity index (χ3n) is 2.49. The van der Waals surface area contributed by atoms with E-state index in [1.165, 1.54) is 32.1 Å². The van der Waals surface area contributed by atoms with Gasteiger partial charge >= 0.3 is 0 Å². The van der Waals surface area contributed by atoms with Crippen molar-refractivity contribution in [3.05, 3.63) is 0 Å². The quantitative estimate of drug-likeness (QED) is 0.425. The summed E-state index contributed by atoms with van der Waals surface area (Å²) in [5.74, 6) is 1.01. The lowest BCUT2D eigenvalue weighted by molar-refractivity contribution is 0.444. The zero-order chi connectivity index (χ0) is 10.2. The number of hydrogen-bond acceptors (Lipinski definition) is 3. The summed E-state index contributed by atoms with van der Waals surface area (Å²) >= 11 is 1.66. The van der Waals surface area contributed by atoms with Crippen molar-refractivity contribution in [2.24, 2.45) is 10.7 Å². The largest absolute Gasteiger partial charge is 0.379 e. The van der Waals surface area contributed by atoms with Gasteiger partial charge in [0.1, 0.15) is 0 Å². The van der Waals surface area contributed by atoms with Gasteiger partial charge in [-0.2, -0.15) is 0 Å². The molecule has 0 aliphatic heterocycles. The van der Waals surface area contributed by atoms with E-state index >= 15 is 0 Å². The third-order valence-corrected chi connectivity index (χ3v) is 3.30. The Hall–Kier alpha value is -0.220. The van der Waals surface area contributed by atoms with E-state index in [1.54, 1.807) is 11.8 Å². The van der Waals surface area contributed by atoms with Crippen LogP contribution in [0.5, 0.6) is 0 Å². The summed E-state index contributed by atoms with van der Waals surface area (Å²) in [6.45, 7) is 0.992. The topological polar surface area (TPSA) is 50.4 Å². The lowest BCUT2D eigenvalue weighted by atomic mass is 9.96. The minimum atomic E-state index is 0.505. The first-order valence-corrected chi connectivity index (χ1v) is 6.42. The molecule has 82 valence electrons. The van der Waals surface area contributed by atoms with Crippen molar-refractivity contribution >= 4 is 16.9 Å². The monoisotopic (exact) mass is 215 g/mol. The summed E-state index contributed by atoms with van der Waals surface area (Å²) < 4.78 is 0. The second kappa shape index (κ2) is 7.12. The van der Waals surface area contributed by atoms with Crippen LogP contribution >= 0.6 is 11.8 Å². The molecule has 1 saturated carbocycles. The smallest absolute Gasteiger partial charge is 0.154 e. The van der Waals surface area contributed by atoms with Crippen molar-refractivity contribution < 1.29 is 0 Å². The highest BCUT2D eigenvalue weighted by Gasteiger charge is 2.12. The predicted molar refractivity (Wildman–Crippen MR) is 64.9 cm³/mol. The van der Waals surface area contributed by atoms with Crippen LogP contribution in [-0.4, -0.2) is 30.6 Å². The summed E-state index contributed by atoms with van der Waals surface area (Å²) in [7, 11) is 1.95. The molecular weight excluding hydrogens is 194 g/mol. The van der Waals surface area contributed by atoms with E-state index in [-0.39, 0.29) is 0 Å². The highest BCUT2D eigenvalue weighted by atomic mass is 32.2. The molecule has 0 heterocycles. The first-order valence-electron chi connectivity index (χ1n) is 5.43. The zero-order valence-corrected chi connectivity index (χ0v) is 9.78. The Morgan fingerprint density at radius 3 is 2.79 bits per heavy atom. The van der Waals surface area contributed by atoms with Crippen LogP contribution in [-0.2, 0) is 0 Å². The van der Waals surface area contributed by atoms with E-state index < -0.39 is 0 Å². The normalized spacial score (nSPS) is 19.9. The summed E-state index contributed by atoms with van der Waals surface area (Å²) in [5.41, 5.74) is 5.83. The Kier molecular flexibility index (Phi) is 6.03. The number of rotatable bonds is 4. The Bertz CT molecular complexity index is 176. The average molecular weight is 215 g/mol. The minimum absolute atomic E-state index is 0.505. The van der Waals surface area contributed by atoms with Crippen LogP contribution in [0.1, 0.15) is 32.1 Å². The Morgan fingerprint density at radius 1 is 1.43 bits per heavy atom. The molecule has 1 aliphatic carbocycles. The average Bonchev–Trinajstić information content (AvgIpc) is 2.20. The molecule has 0 atom stereocenters. The molecule has 4 heteroatoms. The zero-order valence-electron chi connectivity index (χ0n) is 8.96. The van der Waals surface area contributed by atoms with Crippen molar-refractivity contribution in [1.82, 2.24) is 5.32 Å². The molecule has 0 amide bonds. The lowest BCUT2D eigenvalue weighted by Crippen LogP contribution is -2.18. The van der Waals surface area contributed by atoms with E-state index in [0.717, 1.165) is 17.5 Å². The molecule has 0 spiro atoms. The van der Waals surface area contributed by atoms with Gasteiger partial charge in [-0.15, -0.1) is 0 Å². The van der Waals surface area contributed by atoms with E-state index in [2.05, 4.69) is 10.3 Å². The van der Waals surface area contributed by atoms with Gasteiger partial charge in [0.25, 0.3) is 0 Å². The van der Waals surface area contributed by atoms with Gasteiger partial charge in [0.15, 0.2) is 5.17 Å². The highest BCUT2D eigenvalue weighted by Crippen LogP contribution is 2.20. The van der Waals surface area contributed by atoms with Gasteiger partial charge < -0.3 is 11.1 Å². The van der Waals surface area contributed by atoms with Gasteiger partial charge in [-0.05, 0) is 19.9 Å². The molecule has 0 radical (unpaired) electrons. The maximum atomic E-state index is 5.83. The first-order chi connectivity index (χ1) is 6.83. The van der Waals surface area contributed by atoms with Crippen LogP contribution in [0.4, 0.5) is 0 Å². The van der Waals surface area contributed by atoms with E-state index in [1.807, 2.05) is 7.05 Å². The predicted octanol–water partition coefficient (Wildman–Crippen LogP) is 1.59. The second-order valence-corrected chi connectivity index (χ2v) is 4.83. The molecule has 1 aliphatic rings. The summed E-state index contributed by atoms with van der Waals surface area (Å²) in [4.78, 5) is 4.54. The number of amidine groups is 1. The molecule has 1 fully saturated rings. The van der Waals surface area contributed by atoms with Gasteiger partial charge in [-0.3, -0.25) is 4.99 Å². The molecular formula is C10H21N3S. The fraction of sp³-hybridized carbons (Fsp3) is 0.900. The molecule has 0 aromatic heterocycles. The van der Waals surface area contributed by atoms with Crippen LogP contribution in [0.3, 0.4) is 0 Å². The SMILES string of the molecule is CNCCSC(N)=NC1CCCCC1. The second-order valence-electron chi connectivity index (χ2n) is 3.71. The van der Waals surface area contributed by atoms with Gasteiger partial charge in [0.2, 0.25) is 0 Å². The first kappa shape index (κ1) is 11.9. The standard InChI is InChI=1S/C10H21N3S/c1-12-7-8-14-10(11)13-9-5-3-2-4-6-9/h9,12H,2-8H2,1H3,(H2,11,13). The van der Waals surface area contributed by atoms with E-state index in [4.69, 9.17) is 5.73 Å². The molecule has 3 nitrogen and oxygen atoms in total. The lowest BCUT2D eigenvalue weighted by Gasteiger charge is -2.17. The Morgan fingerprint density at radius 2 is 2.14 bits per heavy atom. The molecule has 14 heavy (non-hydrogen) atoms. The van der Waals surface area contributed by atoms with Crippen LogP contribution < -0.4 is 11.1 Å². The number of hydrogen-bond donors (Lipinski definition) is 2. The molecule has 3 N–H and O–H groups in total. The van der Waals surface area contributed by atoms with E-state index in [0.29, 0.717) is 6.04 Å². The minimum Gasteiger partial charge on any atom is -0.379 e. The fourth-order valence-electron chi connectivity index (χ4n) is 1.69. The maximum absolute atomic E-state index is 5.83. The number of aliphatic imine (C=N–C) groups is 1. The summed E-state index contributed by atoms with van der Waals surface area (Å²) in [5, 5.41) is 3.87. The van der Waals surface area contributed by atoms with E-state index in [9.17, 15) is 0 Å². The van der Waals surface area contributed by atoms with Crippen LogP contribution in [0.15, 0.2) is 4.99 Å². The highest BCUT2D eigenvalue weighted by molar-refractivity contribution is 8.13. The van der Waals surface area contributed by atoms with Crippen molar-refractivity contribution in [3.8, 4) is 0 Å².